The third kappa shape index (κ3) is 2.44. The van der Waals surface area contributed by atoms with Gasteiger partial charge in [-0.1, -0.05) is 0 Å². The monoisotopic (exact) mass is 226 g/mol. The van der Waals surface area contributed by atoms with Crippen molar-refractivity contribution in [1.29, 1.82) is 0 Å². The molecule has 16 heavy (non-hydrogen) atoms. The summed E-state index contributed by atoms with van der Waals surface area (Å²) in [5, 5.41) is 12.2. The van der Waals surface area contributed by atoms with E-state index in [1.165, 1.54) is 18.0 Å². The standard InChI is InChI=1S/C9H10N2O5/c1-11-4-5(3-6(12)8(13)14)7(10-11)9(15)16-2/h4H,3H2,1-2H3,(H,13,14). The molecule has 0 saturated carbocycles. The van der Waals surface area contributed by atoms with E-state index in [1.54, 1.807) is 7.05 Å². The van der Waals surface area contributed by atoms with Gasteiger partial charge in [0.2, 0.25) is 5.78 Å². The lowest BCUT2D eigenvalue weighted by Crippen LogP contribution is -2.16. The topological polar surface area (TPSA) is 98.5 Å². The van der Waals surface area contributed by atoms with Crippen LogP contribution in [0.3, 0.4) is 0 Å². The molecule has 0 aliphatic rings. The highest BCUT2D eigenvalue weighted by Gasteiger charge is 2.21. The summed E-state index contributed by atoms with van der Waals surface area (Å²) in [5.74, 6) is -3.24. The molecule has 1 aromatic rings. The third-order valence-electron chi connectivity index (χ3n) is 1.87. The average molecular weight is 226 g/mol. The molecule has 1 heterocycles. The van der Waals surface area contributed by atoms with E-state index in [-0.39, 0.29) is 17.7 Å². The fourth-order valence-electron chi connectivity index (χ4n) is 1.18. The number of hydrogen-bond acceptors (Lipinski definition) is 5. The predicted molar refractivity (Wildman–Crippen MR) is 50.9 cm³/mol. The summed E-state index contributed by atoms with van der Waals surface area (Å²) in [6.45, 7) is 0. The van der Waals surface area contributed by atoms with Crippen molar-refractivity contribution < 1.29 is 24.2 Å². The van der Waals surface area contributed by atoms with E-state index < -0.39 is 17.7 Å². The number of ether oxygens (including phenoxy) is 1. The number of carbonyl (C=O) groups excluding carboxylic acids is 2. The van der Waals surface area contributed by atoms with Crippen LogP contribution in [0.2, 0.25) is 0 Å². The molecule has 1 N–H and O–H groups in total. The summed E-state index contributed by atoms with van der Waals surface area (Å²) < 4.78 is 5.77. The van der Waals surface area contributed by atoms with Crippen molar-refractivity contribution >= 4 is 17.7 Å². The molecular weight excluding hydrogens is 216 g/mol. The van der Waals surface area contributed by atoms with Crippen molar-refractivity contribution in [2.24, 2.45) is 7.05 Å². The molecule has 0 fully saturated rings. The van der Waals surface area contributed by atoms with E-state index in [1.807, 2.05) is 0 Å². The predicted octanol–water partition coefficient (Wildman–Crippen LogP) is -0.597. The number of carboxylic acid groups (broad SMARTS) is 1. The first kappa shape index (κ1) is 11.9. The first-order chi connectivity index (χ1) is 7.45. The Morgan fingerprint density at radius 2 is 2.12 bits per heavy atom. The molecular formula is C9H10N2O5. The zero-order valence-corrected chi connectivity index (χ0v) is 8.76. The van der Waals surface area contributed by atoms with Crippen molar-refractivity contribution in [2.45, 2.75) is 6.42 Å². The Morgan fingerprint density at radius 1 is 1.50 bits per heavy atom. The highest BCUT2D eigenvalue weighted by atomic mass is 16.5. The number of hydrogen-bond donors (Lipinski definition) is 1. The first-order valence-corrected chi connectivity index (χ1v) is 4.32. The SMILES string of the molecule is COC(=O)c1nn(C)cc1CC(=O)C(=O)O. The molecule has 7 nitrogen and oxygen atoms in total. The lowest BCUT2D eigenvalue weighted by atomic mass is 10.1. The molecule has 1 aromatic heterocycles. The van der Waals surface area contributed by atoms with E-state index in [0.29, 0.717) is 0 Å². The number of aliphatic carboxylic acids is 1. The minimum atomic E-state index is -1.54. The number of aryl methyl sites for hydroxylation is 1. The second kappa shape index (κ2) is 4.56. The van der Waals surface area contributed by atoms with Gasteiger partial charge in [0, 0.05) is 25.2 Å². The van der Waals surface area contributed by atoms with Crippen LogP contribution in [0.25, 0.3) is 0 Å². The summed E-state index contributed by atoms with van der Waals surface area (Å²) in [4.78, 5) is 32.6. The van der Waals surface area contributed by atoms with Crippen LogP contribution in [-0.2, 0) is 27.8 Å². The van der Waals surface area contributed by atoms with Gasteiger partial charge in [-0.25, -0.2) is 9.59 Å². The van der Waals surface area contributed by atoms with Gasteiger partial charge in [-0.15, -0.1) is 0 Å². The summed E-state index contributed by atoms with van der Waals surface area (Å²) in [6, 6.07) is 0. The molecule has 0 aliphatic heterocycles. The Morgan fingerprint density at radius 3 is 2.62 bits per heavy atom. The largest absolute Gasteiger partial charge is 0.475 e. The zero-order valence-electron chi connectivity index (χ0n) is 8.76. The maximum Gasteiger partial charge on any atom is 0.372 e. The van der Waals surface area contributed by atoms with Crippen LogP contribution in [0.4, 0.5) is 0 Å². The molecule has 0 saturated heterocycles. The van der Waals surface area contributed by atoms with E-state index in [2.05, 4.69) is 9.84 Å². The summed E-state index contributed by atoms with van der Waals surface area (Å²) in [6.07, 6.45) is 1.03. The Balaban J connectivity index is 2.99. The van der Waals surface area contributed by atoms with Crippen molar-refractivity contribution in [2.75, 3.05) is 7.11 Å². The number of carbonyl (C=O) groups is 3. The van der Waals surface area contributed by atoms with Gasteiger partial charge in [0.05, 0.1) is 7.11 Å². The maximum absolute atomic E-state index is 11.2. The molecule has 0 aliphatic carbocycles. The highest BCUT2D eigenvalue weighted by Crippen LogP contribution is 2.09. The lowest BCUT2D eigenvalue weighted by Gasteiger charge is -1.97. The zero-order chi connectivity index (χ0) is 12.3. The Labute approximate surface area is 90.6 Å². The van der Waals surface area contributed by atoms with E-state index in [0.717, 1.165) is 0 Å². The van der Waals surface area contributed by atoms with Crippen LogP contribution >= 0.6 is 0 Å². The number of Topliss-reactive ketones (excluding diaryl/α,β-unsaturated/α-hetero) is 1. The summed E-state index contributed by atoms with van der Waals surface area (Å²) in [5.41, 5.74) is 0.196. The molecule has 86 valence electrons. The lowest BCUT2D eigenvalue weighted by molar-refractivity contribution is -0.148. The quantitative estimate of drug-likeness (QED) is 0.543. The molecule has 0 unspecified atom stereocenters. The number of esters is 1. The molecule has 0 radical (unpaired) electrons. The number of nitrogens with zero attached hydrogens (tertiary/aromatic N) is 2. The number of methoxy groups -OCH3 is 1. The molecule has 0 atom stereocenters. The van der Waals surface area contributed by atoms with Crippen LogP contribution in [0.15, 0.2) is 6.20 Å². The van der Waals surface area contributed by atoms with Gasteiger partial charge in [-0.2, -0.15) is 5.10 Å². The molecule has 1 rings (SSSR count). The van der Waals surface area contributed by atoms with Gasteiger partial charge in [0.1, 0.15) is 0 Å². The van der Waals surface area contributed by atoms with Crippen LogP contribution in [-0.4, -0.2) is 39.7 Å². The van der Waals surface area contributed by atoms with E-state index in [4.69, 9.17) is 5.11 Å². The number of rotatable bonds is 4. The second-order valence-electron chi connectivity index (χ2n) is 3.07. The average Bonchev–Trinajstić information content (AvgIpc) is 2.58. The van der Waals surface area contributed by atoms with Crippen LogP contribution in [0, 0.1) is 0 Å². The van der Waals surface area contributed by atoms with Crippen LogP contribution < -0.4 is 0 Å². The minimum Gasteiger partial charge on any atom is -0.475 e. The summed E-state index contributed by atoms with van der Waals surface area (Å²) in [7, 11) is 2.74. The van der Waals surface area contributed by atoms with Crippen molar-refractivity contribution in [3.8, 4) is 0 Å². The smallest absolute Gasteiger partial charge is 0.372 e. The fraction of sp³-hybridized carbons (Fsp3) is 0.333. The molecule has 0 amide bonds. The normalized spacial score (nSPS) is 9.88. The van der Waals surface area contributed by atoms with E-state index >= 15 is 0 Å². The molecule has 7 heteroatoms. The van der Waals surface area contributed by atoms with Gasteiger partial charge in [0.15, 0.2) is 5.69 Å². The number of aromatic nitrogens is 2. The minimum absolute atomic E-state index is 0.0420. The highest BCUT2D eigenvalue weighted by molar-refractivity contribution is 6.33. The van der Waals surface area contributed by atoms with Crippen molar-refractivity contribution in [3.05, 3.63) is 17.5 Å². The second-order valence-corrected chi connectivity index (χ2v) is 3.07. The van der Waals surface area contributed by atoms with Gasteiger partial charge >= 0.3 is 11.9 Å². The van der Waals surface area contributed by atoms with E-state index in [9.17, 15) is 14.4 Å². The summed E-state index contributed by atoms with van der Waals surface area (Å²) >= 11 is 0. The van der Waals surface area contributed by atoms with Gasteiger partial charge in [0.25, 0.3) is 0 Å². The molecule has 0 spiro atoms. The van der Waals surface area contributed by atoms with Crippen molar-refractivity contribution in [3.63, 3.8) is 0 Å². The van der Waals surface area contributed by atoms with Gasteiger partial charge in [-0.05, 0) is 0 Å². The molecule has 0 aromatic carbocycles. The fourth-order valence-corrected chi connectivity index (χ4v) is 1.18. The Kier molecular flexibility index (Phi) is 3.39. The Bertz CT molecular complexity index is 449. The van der Waals surface area contributed by atoms with Gasteiger partial charge < -0.3 is 9.84 Å². The molecule has 0 bridgehead atoms. The van der Waals surface area contributed by atoms with Crippen LogP contribution in [0.1, 0.15) is 16.1 Å². The van der Waals surface area contributed by atoms with Crippen LogP contribution in [0.5, 0.6) is 0 Å². The number of ketones is 1. The first-order valence-electron chi connectivity index (χ1n) is 4.32. The number of carboxylic acids is 1. The third-order valence-corrected chi connectivity index (χ3v) is 1.87. The van der Waals surface area contributed by atoms with Gasteiger partial charge in [-0.3, -0.25) is 9.48 Å². The Hall–Kier alpha value is -2.18. The van der Waals surface area contributed by atoms with Crippen molar-refractivity contribution in [1.82, 2.24) is 9.78 Å². The maximum atomic E-state index is 11.2.